The first-order valence-electron chi connectivity index (χ1n) is 4.81. The SMILES string of the molecule is COc1ccc(NCc2csnn2)c(C)n1. The molecular formula is C10H12N4OS. The van der Waals surface area contributed by atoms with E-state index in [0.717, 1.165) is 17.1 Å². The molecule has 2 heterocycles. The standard InChI is InChI=1S/C10H12N4OS/c1-7-9(3-4-10(12-7)15-2)11-5-8-6-16-14-13-8/h3-4,6,11H,5H2,1-2H3. The van der Waals surface area contributed by atoms with Gasteiger partial charge in [0.1, 0.15) is 0 Å². The molecule has 0 saturated carbocycles. The maximum absolute atomic E-state index is 5.04. The Balaban J connectivity index is 2.04. The minimum atomic E-state index is 0.623. The van der Waals surface area contributed by atoms with Crippen molar-refractivity contribution in [3.63, 3.8) is 0 Å². The number of nitrogens with zero attached hydrogens (tertiary/aromatic N) is 3. The Morgan fingerprint density at radius 3 is 2.94 bits per heavy atom. The average molecular weight is 236 g/mol. The van der Waals surface area contributed by atoms with Crippen molar-refractivity contribution in [2.45, 2.75) is 13.5 Å². The number of pyridine rings is 1. The van der Waals surface area contributed by atoms with Gasteiger partial charge in [-0.25, -0.2) is 4.98 Å². The third-order valence-corrected chi connectivity index (χ3v) is 2.69. The Hall–Kier alpha value is -1.69. The minimum absolute atomic E-state index is 0.623. The first-order chi connectivity index (χ1) is 7.79. The van der Waals surface area contributed by atoms with E-state index in [-0.39, 0.29) is 0 Å². The van der Waals surface area contributed by atoms with E-state index in [1.165, 1.54) is 11.5 Å². The Kier molecular flexibility index (Phi) is 3.31. The average Bonchev–Trinajstić information content (AvgIpc) is 2.80. The summed E-state index contributed by atoms with van der Waals surface area (Å²) < 4.78 is 8.84. The first-order valence-corrected chi connectivity index (χ1v) is 5.64. The van der Waals surface area contributed by atoms with E-state index in [1.54, 1.807) is 7.11 Å². The normalized spacial score (nSPS) is 10.1. The van der Waals surface area contributed by atoms with Gasteiger partial charge in [-0.3, -0.25) is 0 Å². The highest BCUT2D eigenvalue weighted by Crippen LogP contribution is 2.17. The van der Waals surface area contributed by atoms with Gasteiger partial charge in [0, 0.05) is 11.4 Å². The monoisotopic (exact) mass is 236 g/mol. The van der Waals surface area contributed by atoms with Gasteiger partial charge >= 0.3 is 0 Å². The summed E-state index contributed by atoms with van der Waals surface area (Å²) in [6, 6.07) is 3.77. The van der Waals surface area contributed by atoms with Gasteiger partial charge in [-0.2, -0.15) is 0 Å². The van der Waals surface area contributed by atoms with Crippen LogP contribution in [0.5, 0.6) is 5.88 Å². The van der Waals surface area contributed by atoms with Crippen molar-refractivity contribution in [3.05, 3.63) is 28.9 Å². The summed E-state index contributed by atoms with van der Waals surface area (Å²) in [7, 11) is 1.61. The molecule has 84 valence electrons. The molecule has 0 aromatic carbocycles. The molecule has 16 heavy (non-hydrogen) atoms. The quantitative estimate of drug-likeness (QED) is 0.878. The lowest BCUT2D eigenvalue weighted by atomic mass is 10.3. The van der Waals surface area contributed by atoms with Gasteiger partial charge in [-0.15, -0.1) is 5.10 Å². The zero-order valence-corrected chi connectivity index (χ0v) is 9.91. The smallest absolute Gasteiger partial charge is 0.213 e. The van der Waals surface area contributed by atoms with E-state index in [1.807, 2.05) is 24.4 Å². The summed E-state index contributed by atoms with van der Waals surface area (Å²) in [5.74, 6) is 0.623. The van der Waals surface area contributed by atoms with Crippen LogP contribution >= 0.6 is 11.5 Å². The van der Waals surface area contributed by atoms with Crippen LogP contribution in [0, 0.1) is 6.92 Å². The van der Waals surface area contributed by atoms with Crippen molar-refractivity contribution >= 4 is 17.2 Å². The van der Waals surface area contributed by atoms with Crippen LogP contribution < -0.4 is 10.1 Å². The van der Waals surface area contributed by atoms with Crippen molar-refractivity contribution in [1.82, 2.24) is 14.6 Å². The Morgan fingerprint density at radius 2 is 2.31 bits per heavy atom. The molecule has 0 saturated heterocycles. The van der Waals surface area contributed by atoms with Gasteiger partial charge in [-0.05, 0) is 24.5 Å². The summed E-state index contributed by atoms with van der Waals surface area (Å²) >= 11 is 1.35. The van der Waals surface area contributed by atoms with Crippen LogP contribution in [0.1, 0.15) is 11.4 Å². The Bertz CT molecular complexity index is 458. The molecule has 0 unspecified atom stereocenters. The maximum Gasteiger partial charge on any atom is 0.213 e. The largest absolute Gasteiger partial charge is 0.481 e. The number of nitrogens with one attached hydrogen (secondary N) is 1. The first kappa shape index (κ1) is 10.8. The molecule has 0 amide bonds. The summed E-state index contributed by atoms with van der Waals surface area (Å²) in [6.45, 7) is 2.59. The molecule has 0 fully saturated rings. The van der Waals surface area contributed by atoms with Gasteiger partial charge in [0.2, 0.25) is 5.88 Å². The van der Waals surface area contributed by atoms with Crippen molar-refractivity contribution < 1.29 is 4.74 Å². The van der Waals surface area contributed by atoms with Crippen molar-refractivity contribution in [2.75, 3.05) is 12.4 Å². The molecule has 0 aliphatic carbocycles. The molecule has 0 aliphatic heterocycles. The molecule has 0 aliphatic rings. The lowest BCUT2D eigenvalue weighted by Crippen LogP contribution is -2.03. The number of rotatable bonds is 4. The number of anilines is 1. The molecular weight excluding hydrogens is 224 g/mol. The number of aromatic nitrogens is 3. The van der Waals surface area contributed by atoms with Crippen molar-refractivity contribution in [3.8, 4) is 5.88 Å². The Labute approximate surface area is 97.7 Å². The van der Waals surface area contributed by atoms with Gasteiger partial charge in [0.25, 0.3) is 0 Å². The van der Waals surface area contributed by atoms with E-state index < -0.39 is 0 Å². The van der Waals surface area contributed by atoms with Crippen LogP contribution in [0.3, 0.4) is 0 Å². The fourth-order valence-corrected chi connectivity index (χ4v) is 1.74. The number of hydrogen-bond donors (Lipinski definition) is 1. The molecule has 5 nitrogen and oxygen atoms in total. The van der Waals surface area contributed by atoms with Gasteiger partial charge < -0.3 is 10.1 Å². The highest BCUT2D eigenvalue weighted by atomic mass is 32.1. The van der Waals surface area contributed by atoms with Crippen molar-refractivity contribution in [2.24, 2.45) is 0 Å². The third-order valence-electron chi connectivity index (χ3n) is 2.13. The molecule has 2 aromatic heterocycles. The molecule has 0 radical (unpaired) electrons. The summed E-state index contributed by atoms with van der Waals surface area (Å²) in [5, 5.41) is 9.12. The summed E-state index contributed by atoms with van der Waals surface area (Å²) in [5.41, 5.74) is 2.82. The van der Waals surface area contributed by atoms with Crippen LogP contribution in [0.15, 0.2) is 17.5 Å². The van der Waals surface area contributed by atoms with E-state index in [9.17, 15) is 0 Å². The number of hydrogen-bond acceptors (Lipinski definition) is 6. The van der Waals surface area contributed by atoms with Gasteiger partial charge in [-0.1, -0.05) is 4.49 Å². The molecule has 1 N–H and O–H groups in total. The lowest BCUT2D eigenvalue weighted by molar-refractivity contribution is 0.397. The molecule has 0 spiro atoms. The van der Waals surface area contributed by atoms with Gasteiger partial charge in [0.15, 0.2) is 0 Å². The van der Waals surface area contributed by atoms with E-state index >= 15 is 0 Å². The zero-order chi connectivity index (χ0) is 11.4. The van der Waals surface area contributed by atoms with E-state index in [0.29, 0.717) is 12.4 Å². The summed E-state index contributed by atoms with van der Waals surface area (Å²) in [4.78, 5) is 4.27. The number of aryl methyl sites for hydroxylation is 1. The minimum Gasteiger partial charge on any atom is -0.481 e. The number of ether oxygens (including phenoxy) is 1. The zero-order valence-electron chi connectivity index (χ0n) is 9.10. The molecule has 2 aromatic rings. The second kappa shape index (κ2) is 4.89. The molecule has 2 rings (SSSR count). The summed E-state index contributed by atoms with van der Waals surface area (Å²) in [6.07, 6.45) is 0. The fourth-order valence-electron chi connectivity index (χ4n) is 1.29. The van der Waals surface area contributed by atoms with Crippen LogP contribution in [0.2, 0.25) is 0 Å². The predicted octanol–water partition coefficient (Wildman–Crippen LogP) is 1.86. The molecule has 0 bridgehead atoms. The topological polar surface area (TPSA) is 59.9 Å². The second-order valence-corrected chi connectivity index (χ2v) is 3.85. The lowest BCUT2D eigenvalue weighted by Gasteiger charge is -2.08. The van der Waals surface area contributed by atoms with Crippen molar-refractivity contribution in [1.29, 1.82) is 0 Å². The Morgan fingerprint density at radius 1 is 1.44 bits per heavy atom. The van der Waals surface area contributed by atoms with Crippen LogP contribution in [-0.2, 0) is 6.54 Å². The third kappa shape index (κ3) is 2.46. The predicted molar refractivity (Wildman–Crippen MR) is 62.8 cm³/mol. The highest BCUT2D eigenvalue weighted by molar-refractivity contribution is 7.03. The molecule has 6 heteroatoms. The van der Waals surface area contributed by atoms with Crippen LogP contribution in [-0.4, -0.2) is 21.7 Å². The fraction of sp³-hybridized carbons (Fsp3) is 0.300. The number of methoxy groups -OCH3 is 1. The van der Waals surface area contributed by atoms with Gasteiger partial charge in [0.05, 0.1) is 30.7 Å². The van der Waals surface area contributed by atoms with Crippen LogP contribution in [0.25, 0.3) is 0 Å². The highest BCUT2D eigenvalue weighted by Gasteiger charge is 2.02. The van der Waals surface area contributed by atoms with Crippen LogP contribution in [0.4, 0.5) is 5.69 Å². The second-order valence-electron chi connectivity index (χ2n) is 3.24. The molecule has 0 atom stereocenters. The maximum atomic E-state index is 5.04. The van der Waals surface area contributed by atoms with E-state index in [2.05, 4.69) is 19.9 Å². The van der Waals surface area contributed by atoms with E-state index in [4.69, 9.17) is 4.74 Å².